The number of nitrogens with zero attached hydrogens (tertiary/aromatic N) is 1. The molecule has 2 heterocycles. The molecule has 1 saturated heterocycles. The standard InChI is InChI=1S/C16H17NO4/c1-10-5-6-13-11(8-10)9-14(21-13)15(18)17-7-3-2-4-12(17)16(19)20/h5-6,8-9,12H,2-4,7H2,1H3,(H,19,20). The first-order valence-corrected chi connectivity index (χ1v) is 7.10. The van der Waals surface area contributed by atoms with E-state index in [1.807, 2.05) is 25.1 Å². The number of amides is 1. The Balaban J connectivity index is 1.93. The number of likely N-dealkylation sites (tertiary alicyclic amines) is 1. The number of hydrogen-bond donors (Lipinski definition) is 1. The van der Waals surface area contributed by atoms with Crippen LogP contribution in [0.1, 0.15) is 35.4 Å². The van der Waals surface area contributed by atoms with Crippen LogP contribution in [0.15, 0.2) is 28.7 Å². The van der Waals surface area contributed by atoms with E-state index in [-0.39, 0.29) is 11.7 Å². The first kappa shape index (κ1) is 13.7. The molecule has 1 amide bonds. The summed E-state index contributed by atoms with van der Waals surface area (Å²) in [5.41, 5.74) is 1.73. The van der Waals surface area contributed by atoms with Crippen LogP contribution in [0, 0.1) is 6.92 Å². The lowest BCUT2D eigenvalue weighted by molar-refractivity contribution is -0.143. The molecule has 1 aliphatic heterocycles. The van der Waals surface area contributed by atoms with E-state index in [9.17, 15) is 14.7 Å². The van der Waals surface area contributed by atoms with Crippen molar-refractivity contribution >= 4 is 22.8 Å². The summed E-state index contributed by atoms with van der Waals surface area (Å²) in [5.74, 6) is -1.07. The molecule has 1 unspecified atom stereocenters. The third kappa shape index (κ3) is 2.51. The zero-order valence-electron chi connectivity index (χ0n) is 11.8. The van der Waals surface area contributed by atoms with Gasteiger partial charge in [0.25, 0.3) is 5.91 Å². The SMILES string of the molecule is Cc1ccc2oc(C(=O)N3CCCCC3C(=O)O)cc2c1. The number of hydrogen-bond acceptors (Lipinski definition) is 3. The Morgan fingerprint density at radius 3 is 2.86 bits per heavy atom. The zero-order valence-corrected chi connectivity index (χ0v) is 11.8. The van der Waals surface area contributed by atoms with Gasteiger partial charge in [-0.1, -0.05) is 11.6 Å². The Morgan fingerprint density at radius 1 is 1.29 bits per heavy atom. The molecule has 1 aliphatic rings. The molecule has 110 valence electrons. The van der Waals surface area contributed by atoms with Crippen molar-refractivity contribution in [3.05, 3.63) is 35.6 Å². The van der Waals surface area contributed by atoms with Gasteiger partial charge < -0.3 is 14.4 Å². The highest BCUT2D eigenvalue weighted by atomic mass is 16.4. The second kappa shape index (κ2) is 5.24. The molecule has 1 atom stereocenters. The van der Waals surface area contributed by atoms with Crippen molar-refractivity contribution in [2.24, 2.45) is 0 Å². The van der Waals surface area contributed by atoms with Gasteiger partial charge in [-0.25, -0.2) is 4.79 Å². The van der Waals surface area contributed by atoms with Crippen molar-refractivity contribution in [3.63, 3.8) is 0 Å². The van der Waals surface area contributed by atoms with Crippen LogP contribution < -0.4 is 0 Å². The summed E-state index contributed by atoms with van der Waals surface area (Å²) in [5, 5.41) is 10.1. The fraction of sp³-hybridized carbons (Fsp3) is 0.375. The molecule has 1 N–H and O–H groups in total. The molecule has 2 aromatic rings. The Bertz CT molecular complexity index is 703. The van der Waals surface area contributed by atoms with Crippen LogP contribution in [-0.2, 0) is 4.79 Å². The highest BCUT2D eigenvalue weighted by molar-refractivity contribution is 5.98. The smallest absolute Gasteiger partial charge is 0.326 e. The van der Waals surface area contributed by atoms with Gasteiger partial charge >= 0.3 is 5.97 Å². The number of aryl methyl sites for hydroxylation is 1. The average Bonchev–Trinajstić information content (AvgIpc) is 2.89. The van der Waals surface area contributed by atoms with Crippen LogP contribution in [0.4, 0.5) is 0 Å². The van der Waals surface area contributed by atoms with Crippen LogP contribution in [-0.4, -0.2) is 34.5 Å². The maximum Gasteiger partial charge on any atom is 0.326 e. The molecule has 0 aliphatic carbocycles. The Labute approximate surface area is 122 Å². The molecule has 5 heteroatoms. The highest BCUT2D eigenvalue weighted by Gasteiger charge is 2.33. The number of carboxylic acids is 1. The first-order valence-electron chi connectivity index (χ1n) is 7.10. The van der Waals surface area contributed by atoms with E-state index in [0.29, 0.717) is 18.5 Å². The number of carboxylic acid groups (broad SMARTS) is 1. The number of furan rings is 1. The van der Waals surface area contributed by atoms with E-state index in [4.69, 9.17) is 4.42 Å². The molecular formula is C16H17NO4. The topological polar surface area (TPSA) is 70.8 Å². The monoisotopic (exact) mass is 287 g/mol. The molecule has 5 nitrogen and oxygen atoms in total. The summed E-state index contributed by atoms with van der Waals surface area (Å²) >= 11 is 0. The van der Waals surface area contributed by atoms with Gasteiger partial charge in [-0.05, 0) is 44.4 Å². The van der Waals surface area contributed by atoms with Gasteiger partial charge in [0.15, 0.2) is 5.76 Å². The van der Waals surface area contributed by atoms with Crippen molar-refractivity contribution in [3.8, 4) is 0 Å². The summed E-state index contributed by atoms with van der Waals surface area (Å²) in [7, 11) is 0. The summed E-state index contributed by atoms with van der Waals surface area (Å²) in [6.07, 6.45) is 2.16. The Morgan fingerprint density at radius 2 is 2.10 bits per heavy atom. The minimum absolute atomic E-state index is 0.212. The van der Waals surface area contributed by atoms with Gasteiger partial charge in [-0.15, -0.1) is 0 Å². The van der Waals surface area contributed by atoms with Crippen molar-refractivity contribution in [1.82, 2.24) is 4.90 Å². The lowest BCUT2D eigenvalue weighted by Crippen LogP contribution is -2.47. The first-order chi connectivity index (χ1) is 10.1. The molecular weight excluding hydrogens is 270 g/mol. The molecule has 3 rings (SSSR count). The predicted octanol–water partition coefficient (Wildman–Crippen LogP) is 2.82. The van der Waals surface area contributed by atoms with E-state index < -0.39 is 12.0 Å². The van der Waals surface area contributed by atoms with Gasteiger partial charge in [-0.3, -0.25) is 4.79 Å². The molecule has 0 saturated carbocycles. The minimum Gasteiger partial charge on any atom is -0.480 e. The van der Waals surface area contributed by atoms with E-state index in [2.05, 4.69) is 0 Å². The average molecular weight is 287 g/mol. The summed E-state index contributed by atoms with van der Waals surface area (Å²) in [4.78, 5) is 25.2. The zero-order chi connectivity index (χ0) is 15.0. The van der Waals surface area contributed by atoms with Crippen LogP contribution >= 0.6 is 0 Å². The molecule has 1 aromatic carbocycles. The van der Waals surface area contributed by atoms with Gasteiger partial charge in [0.2, 0.25) is 0 Å². The van der Waals surface area contributed by atoms with E-state index in [0.717, 1.165) is 23.8 Å². The highest BCUT2D eigenvalue weighted by Crippen LogP contribution is 2.25. The molecule has 0 spiro atoms. The quantitative estimate of drug-likeness (QED) is 0.922. The minimum atomic E-state index is -0.949. The van der Waals surface area contributed by atoms with Crippen LogP contribution in [0.3, 0.4) is 0 Å². The van der Waals surface area contributed by atoms with Crippen molar-refractivity contribution in [2.75, 3.05) is 6.54 Å². The third-order valence-corrected chi connectivity index (χ3v) is 3.93. The summed E-state index contributed by atoms with van der Waals surface area (Å²) in [6, 6.07) is 6.63. The third-order valence-electron chi connectivity index (χ3n) is 3.93. The number of rotatable bonds is 2. The number of benzene rings is 1. The second-order valence-electron chi connectivity index (χ2n) is 5.50. The summed E-state index contributed by atoms with van der Waals surface area (Å²) < 4.78 is 5.58. The second-order valence-corrected chi connectivity index (χ2v) is 5.50. The molecule has 21 heavy (non-hydrogen) atoms. The van der Waals surface area contributed by atoms with Crippen molar-refractivity contribution < 1.29 is 19.1 Å². The molecule has 1 aromatic heterocycles. The number of carbonyl (C=O) groups is 2. The van der Waals surface area contributed by atoms with Gasteiger partial charge in [-0.2, -0.15) is 0 Å². The van der Waals surface area contributed by atoms with Crippen LogP contribution in [0.2, 0.25) is 0 Å². The maximum absolute atomic E-state index is 12.5. The van der Waals surface area contributed by atoms with Crippen LogP contribution in [0.25, 0.3) is 11.0 Å². The fourth-order valence-electron chi connectivity index (χ4n) is 2.84. The Hall–Kier alpha value is -2.30. The number of carbonyl (C=O) groups excluding carboxylic acids is 1. The van der Waals surface area contributed by atoms with E-state index in [1.54, 1.807) is 6.07 Å². The maximum atomic E-state index is 12.5. The van der Waals surface area contributed by atoms with Gasteiger partial charge in [0.05, 0.1) is 0 Å². The van der Waals surface area contributed by atoms with Gasteiger partial charge in [0, 0.05) is 11.9 Å². The molecule has 0 radical (unpaired) electrons. The van der Waals surface area contributed by atoms with Crippen LogP contribution in [0.5, 0.6) is 0 Å². The van der Waals surface area contributed by atoms with Crippen molar-refractivity contribution in [2.45, 2.75) is 32.2 Å². The van der Waals surface area contributed by atoms with E-state index >= 15 is 0 Å². The van der Waals surface area contributed by atoms with E-state index in [1.165, 1.54) is 4.90 Å². The number of aliphatic carboxylic acids is 1. The lowest BCUT2D eigenvalue weighted by atomic mass is 10.0. The summed E-state index contributed by atoms with van der Waals surface area (Å²) in [6.45, 7) is 2.44. The van der Waals surface area contributed by atoms with Crippen molar-refractivity contribution in [1.29, 1.82) is 0 Å². The fourth-order valence-corrected chi connectivity index (χ4v) is 2.84. The predicted molar refractivity (Wildman–Crippen MR) is 77.3 cm³/mol. The largest absolute Gasteiger partial charge is 0.480 e. The Kier molecular flexibility index (Phi) is 3.41. The molecule has 0 bridgehead atoms. The number of piperidine rings is 1. The lowest BCUT2D eigenvalue weighted by Gasteiger charge is -2.32. The number of fused-ring (bicyclic) bond motifs is 1. The molecule has 1 fully saturated rings. The van der Waals surface area contributed by atoms with Gasteiger partial charge in [0.1, 0.15) is 11.6 Å². The normalized spacial score (nSPS) is 18.9.